The van der Waals surface area contributed by atoms with Gasteiger partial charge in [-0.3, -0.25) is 0 Å². The molecule has 1 fully saturated rings. The van der Waals surface area contributed by atoms with Gasteiger partial charge in [-0.15, -0.1) is 11.3 Å². The van der Waals surface area contributed by atoms with Gasteiger partial charge in [0.2, 0.25) is 0 Å². The van der Waals surface area contributed by atoms with Crippen LogP contribution >= 0.6 is 11.3 Å². The number of rotatable bonds is 1. The minimum atomic E-state index is -0.250. The standard InChI is InChI=1S/C12H13FN2OS/c1-12(6-16-5-10(12)14)11-15-8-3-2-7(13)4-9(8)17-11/h2-4,10H,5-6,14H2,1H3. The van der Waals surface area contributed by atoms with Gasteiger partial charge in [0.25, 0.3) is 0 Å². The molecule has 1 aromatic carbocycles. The molecule has 3 rings (SSSR count). The number of fused-ring (bicyclic) bond motifs is 1. The van der Waals surface area contributed by atoms with Gasteiger partial charge in [-0.1, -0.05) is 0 Å². The Morgan fingerprint density at radius 3 is 3.12 bits per heavy atom. The number of nitrogens with zero attached hydrogens (tertiary/aromatic N) is 1. The van der Waals surface area contributed by atoms with Gasteiger partial charge in [-0.05, 0) is 25.1 Å². The van der Waals surface area contributed by atoms with Crippen LogP contribution in [0.4, 0.5) is 4.39 Å². The molecular weight excluding hydrogens is 239 g/mol. The maximum Gasteiger partial charge on any atom is 0.124 e. The van der Waals surface area contributed by atoms with Gasteiger partial charge in [-0.25, -0.2) is 9.37 Å². The molecule has 0 amide bonds. The molecule has 5 heteroatoms. The smallest absolute Gasteiger partial charge is 0.124 e. The Morgan fingerprint density at radius 1 is 1.59 bits per heavy atom. The van der Waals surface area contributed by atoms with Crippen LogP contribution in [0.2, 0.25) is 0 Å². The number of hydrogen-bond donors (Lipinski definition) is 1. The summed E-state index contributed by atoms with van der Waals surface area (Å²) >= 11 is 1.50. The van der Waals surface area contributed by atoms with E-state index in [4.69, 9.17) is 10.5 Å². The lowest BCUT2D eigenvalue weighted by Gasteiger charge is -2.23. The second-order valence-corrected chi connectivity index (χ2v) is 5.70. The Labute approximate surface area is 102 Å². The highest BCUT2D eigenvalue weighted by Crippen LogP contribution is 2.36. The molecule has 2 aromatic rings. The molecule has 0 radical (unpaired) electrons. The summed E-state index contributed by atoms with van der Waals surface area (Å²) in [4.78, 5) is 4.55. The zero-order chi connectivity index (χ0) is 12.0. The van der Waals surface area contributed by atoms with Crippen LogP contribution < -0.4 is 5.73 Å². The summed E-state index contributed by atoms with van der Waals surface area (Å²) < 4.78 is 19.4. The SMILES string of the molecule is CC1(c2nc3ccc(F)cc3s2)COCC1N. The lowest BCUT2D eigenvalue weighted by molar-refractivity contribution is 0.180. The largest absolute Gasteiger partial charge is 0.379 e. The van der Waals surface area contributed by atoms with E-state index in [1.54, 1.807) is 6.07 Å². The minimum absolute atomic E-state index is 0.0482. The number of nitrogens with two attached hydrogens (primary N) is 1. The highest BCUT2D eigenvalue weighted by molar-refractivity contribution is 7.18. The van der Waals surface area contributed by atoms with Crippen LogP contribution in [0.5, 0.6) is 0 Å². The Hall–Kier alpha value is -1.04. The third kappa shape index (κ3) is 1.66. The fraction of sp³-hybridized carbons (Fsp3) is 0.417. The van der Waals surface area contributed by atoms with Crippen LogP contribution in [0.1, 0.15) is 11.9 Å². The maximum atomic E-state index is 13.1. The number of thiazole rings is 1. The molecule has 1 saturated heterocycles. The lowest BCUT2D eigenvalue weighted by atomic mass is 9.87. The Morgan fingerprint density at radius 2 is 2.41 bits per heavy atom. The highest BCUT2D eigenvalue weighted by atomic mass is 32.1. The van der Waals surface area contributed by atoms with E-state index in [-0.39, 0.29) is 17.3 Å². The van der Waals surface area contributed by atoms with Gasteiger partial charge in [0.1, 0.15) is 10.8 Å². The zero-order valence-electron chi connectivity index (χ0n) is 9.44. The molecule has 0 aliphatic carbocycles. The fourth-order valence-corrected chi connectivity index (χ4v) is 3.24. The predicted molar refractivity (Wildman–Crippen MR) is 65.7 cm³/mol. The molecule has 1 aliphatic rings. The summed E-state index contributed by atoms with van der Waals surface area (Å²) in [5.74, 6) is -0.232. The monoisotopic (exact) mass is 252 g/mol. The van der Waals surface area contributed by atoms with Crippen molar-refractivity contribution >= 4 is 21.6 Å². The molecule has 2 atom stereocenters. The first-order chi connectivity index (χ1) is 8.09. The Balaban J connectivity index is 2.12. The van der Waals surface area contributed by atoms with E-state index in [0.29, 0.717) is 13.2 Å². The second kappa shape index (κ2) is 3.73. The number of benzene rings is 1. The molecule has 3 nitrogen and oxygen atoms in total. The van der Waals surface area contributed by atoms with Crippen LogP contribution in [0.15, 0.2) is 18.2 Å². The third-order valence-electron chi connectivity index (χ3n) is 3.36. The Kier molecular flexibility index (Phi) is 2.43. The van der Waals surface area contributed by atoms with Crippen molar-refractivity contribution in [2.24, 2.45) is 5.73 Å². The topological polar surface area (TPSA) is 48.1 Å². The molecule has 2 unspecified atom stereocenters. The molecule has 90 valence electrons. The van der Waals surface area contributed by atoms with E-state index >= 15 is 0 Å². The van der Waals surface area contributed by atoms with Crippen LogP contribution in [-0.2, 0) is 10.2 Å². The maximum absolute atomic E-state index is 13.1. The molecule has 0 saturated carbocycles. The van der Waals surface area contributed by atoms with Crippen LogP contribution in [-0.4, -0.2) is 24.2 Å². The summed E-state index contributed by atoms with van der Waals surface area (Å²) in [6, 6.07) is 4.60. The fourth-order valence-electron chi connectivity index (χ4n) is 2.05. The highest BCUT2D eigenvalue weighted by Gasteiger charge is 2.41. The molecule has 1 aliphatic heterocycles. The van der Waals surface area contributed by atoms with E-state index in [2.05, 4.69) is 11.9 Å². The van der Waals surface area contributed by atoms with E-state index in [9.17, 15) is 4.39 Å². The van der Waals surface area contributed by atoms with Crippen molar-refractivity contribution in [1.82, 2.24) is 4.98 Å². The van der Waals surface area contributed by atoms with Crippen LogP contribution in [0, 0.1) is 5.82 Å². The summed E-state index contributed by atoms with van der Waals surface area (Å²) in [6.45, 7) is 3.19. The van der Waals surface area contributed by atoms with Gasteiger partial charge in [0.15, 0.2) is 0 Å². The van der Waals surface area contributed by atoms with Crippen molar-refractivity contribution in [2.45, 2.75) is 18.4 Å². The van der Waals surface area contributed by atoms with Gasteiger partial charge >= 0.3 is 0 Å². The number of hydrogen-bond acceptors (Lipinski definition) is 4. The molecular formula is C12H13FN2OS. The van der Waals surface area contributed by atoms with Crippen molar-refractivity contribution < 1.29 is 9.13 Å². The number of ether oxygens (including phenoxy) is 1. The van der Waals surface area contributed by atoms with E-state index < -0.39 is 0 Å². The van der Waals surface area contributed by atoms with E-state index in [0.717, 1.165) is 15.2 Å². The molecule has 2 heterocycles. The Bertz CT molecular complexity index is 571. The molecule has 17 heavy (non-hydrogen) atoms. The molecule has 0 bridgehead atoms. The van der Waals surface area contributed by atoms with E-state index in [1.807, 2.05) is 0 Å². The average Bonchev–Trinajstić information content (AvgIpc) is 2.84. The van der Waals surface area contributed by atoms with Gasteiger partial charge in [0.05, 0.1) is 28.8 Å². The second-order valence-electron chi connectivity index (χ2n) is 4.67. The van der Waals surface area contributed by atoms with Crippen molar-refractivity contribution in [3.8, 4) is 0 Å². The van der Waals surface area contributed by atoms with Gasteiger partial charge in [-0.2, -0.15) is 0 Å². The average molecular weight is 252 g/mol. The van der Waals surface area contributed by atoms with Crippen LogP contribution in [0.3, 0.4) is 0 Å². The van der Waals surface area contributed by atoms with Gasteiger partial charge in [0, 0.05) is 6.04 Å². The first-order valence-electron chi connectivity index (χ1n) is 5.49. The van der Waals surface area contributed by atoms with Crippen molar-refractivity contribution in [2.75, 3.05) is 13.2 Å². The summed E-state index contributed by atoms with van der Waals surface area (Å²) in [7, 11) is 0. The quantitative estimate of drug-likeness (QED) is 0.845. The van der Waals surface area contributed by atoms with E-state index in [1.165, 1.54) is 23.5 Å². The third-order valence-corrected chi connectivity index (χ3v) is 4.65. The summed E-state index contributed by atoms with van der Waals surface area (Å²) in [5.41, 5.74) is 6.64. The first kappa shape index (κ1) is 11.1. The van der Waals surface area contributed by atoms with Crippen molar-refractivity contribution in [3.63, 3.8) is 0 Å². The zero-order valence-corrected chi connectivity index (χ0v) is 10.3. The molecule has 0 spiro atoms. The predicted octanol–water partition coefficient (Wildman–Crippen LogP) is 2.05. The van der Waals surface area contributed by atoms with Crippen molar-refractivity contribution in [1.29, 1.82) is 0 Å². The van der Waals surface area contributed by atoms with Gasteiger partial charge < -0.3 is 10.5 Å². The normalized spacial score (nSPS) is 29.0. The molecule has 2 N–H and O–H groups in total. The number of aromatic nitrogens is 1. The summed E-state index contributed by atoms with van der Waals surface area (Å²) in [6.07, 6.45) is 0. The lowest BCUT2D eigenvalue weighted by Crippen LogP contribution is -2.41. The first-order valence-corrected chi connectivity index (χ1v) is 6.31. The summed E-state index contributed by atoms with van der Waals surface area (Å²) in [5, 5.41) is 0.933. The minimum Gasteiger partial charge on any atom is -0.379 e. The van der Waals surface area contributed by atoms with Crippen molar-refractivity contribution in [3.05, 3.63) is 29.0 Å². The van der Waals surface area contributed by atoms with Crippen LogP contribution in [0.25, 0.3) is 10.2 Å². The number of halogens is 1. The molecule has 1 aromatic heterocycles.